The van der Waals surface area contributed by atoms with Gasteiger partial charge in [0, 0.05) is 49.7 Å². The Labute approximate surface area is 149 Å². The number of carboxylic acids is 1. The van der Waals surface area contributed by atoms with Crippen molar-refractivity contribution in [1.29, 1.82) is 0 Å². The molecule has 0 fully saturated rings. The van der Waals surface area contributed by atoms with Crippen LogP contribution in [0.3, 0.4) is 0 Å². The molecule has 4 heterocycles. The van der Waals surface area contributed by atoms with Crippen LogP contribution >= 0.6 is 11.3 Å². The molecule has 25 heavy (non-hydrogen) atoms. The average Bonchev–Trinajstić information content (AvgIpc) is 3.27. The standard InChI is InChI=1S/C18H18N4O2S/c23-17(24)12-22-6-1-3-14(22)11-21-7-5-15-13(10-21)9-19-18(20-15)16-4-2-8-25-16/h1-4,6,8-9H,5,7,10-12H2,(H,23,24). The van der Waals surface area contributed by atoms with E-state index in [1.54, 1.807) is 15.9 Å². The number of aromatic nitrogens is 3. The zero-order chi connectivity index (χ0) is 17.2. The lowest BCUT2D eigenvalue weighted by molar-refractivity contribution is -0.137. The van der Waals surface area contributed by atoms with Crippen molar-refractivity contribution in [2.24, 2.45) is 0 Å². The highest BCUT2D eigenvalue weighted by molar-refractivity contribution is 7.13. The van der Waals surface area contributed by atoms with Crippen molar-refractivity contribution in [2.45, 2.75) is 26.1 Å². The van der Waals surface area contributed by atoms with Gasteiger partial charge in [-0.1, -0.05) is 6.07 Å². The largest absolute Gasteiger partial charge is 0.480 e. The molecule has 3 aromatic rings. The molecule has 0 saturated heterocycles. The summed E-state index contributed by atoms with van der Waals surface area (Å²) in [5, 5.41) is 11.0. The van der Waals surface area contributed by atoms with Crippen molar-refractivity contribution in [2.75, 3.05) is 6.54 Å². The van der Waals surface area contributed by atoms with E-state index in [1.807, 2.05) is 42.0 Å². The molecule has 1 N–H and O–H groups in total. The van der Waals surface area contributed by atoms with Gasteiger partial charge in [-0.05, 0) is 23.6 Å². The van der Waals surface area contributed by atoms with Gasteiger partial charge in [-0.2, -0.15) is 0 Å². The van der Waals surface area contributed by atoms with Crippen molar-refractivity contribution in [3.8, 4) is 10.7 Å². The maximum absolute atomic E-state index is 11.0. The minimum absolute atomic E-state index is 0.0000448. The first-order chi connectivity index (χ1) is 12.2. The predicted molar refractivity (Wildman–Crippen MR) is 95.2 cm³/mol. The van der Waals surface area contributed by atoms with Gasteiger partial charge in [0.05, 0.1) is 10.6 Å². The first-order valence-corrected chi connectivity index (χ1v) is 9.04. The summed E-state index contributed by atoms with van der Waals surface area (Å²) in [4.78, 5) is 23.6. The molecule has 0 aromatic carbocycles. The number of rotatable bonds is 5. The summed E-state index contributed by atoms with van der Waals surface area (Å²) in [6.45, 7) is 2.43. The summed E-state index contributed by atoms with van der Waals surface area (Å²) in [6.07, 6.45) is 4.63. The molecule has 0 unspecified atom stereocenters. The molecule has 6 nitrogen and oxygen atoms in total. The maximum Gasteiger partial charge on any atom is 0.323 e. The fourth-order valence-electron chi connectivity index (χ4n) is 3.16. The van der Waals surface area contributed by atoms with E-state index in [0.29, 0.717) is 0 Å². The molecule has 4 rings (SSSR count). The third kappa shape index (κ3) is 3.47. The summed E-state index contributed by atoms with van der Waals surface area (Å²) in [6, 6.07) is 7.93. The van der Waals surface area contributed by atoms with Crippen LogP contribution in [0.25, 0.3) is 10.7 Å². The van der Waals surface area contributed by atoms with Crippen molar-refractivity contribution in [3.05, 3.63) is 59.0 Å². The SMILES string of the molecule is O=C(O)Cn1cccc1CN1CCc2nc(-c3cccs3)ncc2C1. The van der Waals surface area contributed by atoms with Crippen molar-refractivity contribution in [1.82, 2.24) is 19.4 Å². The van der Waals surface area contributed by atoms with E-state index in [-0.39, 0.29) is 6.54 Å². The van der Waals surface area contributed by atoms with Crippen LogP contribution in [0.2, 0.25) is 0 Å². The highest BCUT2D eigenvalue weighted by Gasteiger charge is 2.20. The van der Waals surface area contributed by atoms with E-state index in [0.717, 1.165) is 53.7 Å². The molecule has 0 radical (unpaired) electrons. The number of fused-ring (bicyclic) bond motifs is 1. The van der Waals surface area contributed by atoms with Crippen LogP contribution in [0.5, 0.6) is 0 Å². The van der Waals surface area contributed by atoms with Crippen molar-refractivity contribution < 1.29 is 9.90 Å². The molecular weight excluding hydrogens is 336 g/mol. The Morgan fingerprint density at radius 3 is 3.04 bits per heavy atom. The third-order valence-corrected chi connectivity index (χ3v) is 5.24. The summed E-state index contributed by atoms with van der Waals surface area (Å²) in [5.41, 5.74) is 3.29. The van der Waals surface area contributed by atoms with Crippen LogP contribution in [-0.4, -0.2) is 37.1 Å². The van der Waals surface area contributed by atoms with E-state index in [1.165, 1.54) is 0 Å². The number of hydrogen-bond acceptors (Lipinski definition) is 5. The smallest absolute Gasteiger partial charge is 0.323 e. The van der Waals surface area contributed by atoms with Gasteiger partial charge >= 0.3 is 5.97 Å². The number of nitrogens with zero attached hydrogens (tertiary/aromatic N) is 4. The molecular formula is C18H18N4O2S. The van der Waals surface area contributed by atoms with Crippen LogP contribution in [0.4, 0.5) is 0 Å². The van der Waals surface area contributed by atoms with Crippen LogP contribution in [0.15, 0.2) is 42.0 Å². The third-order valence-electron chi connectivity index (χ3n) is 4.37. The quantitative estimate of drug-likeness (QED) is 0.763. The van der Waals surface area contributed by atoms with E-state index >= 15 is 0 Å². The van der Waals surface area contributed by atoms with Crippen LogP contribution in [-0.2, 0) is 30.8 Å². The maximum atomic E-state index is 11.0. The Hall–Kier alpha value is -2.51. The van der Waals surface area contributed by atoms with Gasteiger partial charge in [0.2, 0.25) is 0 Å². The molecule has 0 saturated carbocycles. The normalized spacial score (nSPS) is 14.4. The van der Waals surface area contributed by atoms with Gasteiger partial charge < -0.3 is 9.67 Å². The fourth-order valence-corrected chi connectivity index (χ4v) is 3.82. The second-order valence-electron chi connectivity index (χ2n) is 6.12. The molecule has 128 valence electrons. The van der Waals surface area contributed by atoms with Gasteiger partial charge in [0.1, 0.15) is 6.54 Å². The summed E-state index contributed by atoms with van der Waals surface area (Å²) in [5.74, 6) is -0.0199. The van der Waals surface area contributed by atoms with Crippen LogP contribution in [0.1, 0.15) is 17.0 Å². The minimum atomic E-state index is -0.823. The summed E-state index contributed by atoms with van der Waals surface area (Å²) in [7, 11) is 0. The van der Waals surface area contributed by atoms with Crippen LogP contribution in [0, 0.1) is 0 Å². The highest BCUT2D eigenvalue weighted by atomic mass is 32.1. The van der Waals surface area contributed by atoms with E-state index in [4.69, 9.17) is 10.1 Å². The molecule has 0 aliphatic carbocycles. The lowest BCUT2D eigenvalue weighted by Gasteiger charge is -2.28. The zero-order valence-electron chi connectivity index (χ0n) is 13.6. The van der Waals surface area contributed by atoms with Gasteiger partial charge in [0.15, 0.2) is 5.82 Å². The molecule has 3 aromatic heterocycles. The number of carbonyl (C=O) groups is 1. The number of aliphatic carboxylic acids is 1. The summed E-state index contributed by atoms with van der Waals surface area (Å²) < 4.78 is 1.79. The van der Waals surface area contributed by atoms with E-state index in [9.17, 15) is 4.79 Å². The van der Waals surface area contributed by atoms with Crippen molar-refractivity contribution in [3.63, 3.8) is 0 Å². The van der Waals surface area contributed by atoms with Gasteiger partial charge in [0.25, 0.3) is 0 Å². The lowest BCUT2D eigenvalue weighted by atomic mass is 10.1. The van der Waals surface area contributed by atoms with E-state index in [2.05, 4.69) is 9.88 Å². The molecule has 0 amide bonds. The molecule has 0 atom stereocenters. The fraction of sp³-hybridized carbons (Fsp3) is 0.278. The van der Waals surface area contributed by atoms with Crippen LogP contribution < -0.4 is 0 Å². The number of thiophene rings is 1. The van der Waals surface area contributed by atoms with Gasteiger partial charge in [-0.25, -0.2) is 9.97 Å². The second-order valence-corrected chi connectivity index (χ2v) is 7.07. The van der Waals surface area contributed by atoms with Gasteiger partial charge in [-0.15, -0.1) is 11.3 Å². The Morgan fingerprint density at radius 1 is 1.32 bits per heavy atom. The van der Waals surface area contributed by atoms with E-state index < -0.39 is 5.97 Å². The number of carboxylic acid groups (broad SMARTS) is 1. The minimum Gasteiger partial charge on any atom is -0.480 e. The lowest BCUT2D eigenvalue weighted by Crippen LogP contribution is -2.31. The highest BCUT2D eigenvalue weighted by Crippen LogP contribution is 2.24. The zero-order valence-corrected chi connectivity index (χ0v) is 14.4. The Bertz CT molecular complexity index is 888. The molecule has 0 bridgehead atoms. The molecule has 1 aliphatic heterocycles. The molecule has 0 spiro atoms. The average molecular weight is 354 g/mol. The first kappa shape index (κ1) is 16.0. The van der Waals surface area contributed by atoms with Crippen molar-refractivity contribution >= 4 is 17.3 Å². The second kappa shape index (κ2) is 6.78. The first-order valence-electron chi connectivity index (χ1n) is 8.16. The van der Waals surface area contributed by atoms with Gasteiger partial charge in [-0.3, -0.25) is 9.69 Å². The Kier molecular flexibility index (Phi) is 4.33. The molecule has 7 heteroatoms. The monoisotopic (exact) mass is 354 g/mol. The Morgan fingerprint density at radius 2 is 2.24 bits per heavy atom. The Balaban J connectivity index is 1.48. The predicted octanol–water partition coefficient (Wildman–Crippen LogP) is 2.65. The molecule has 1 aliphatic rings. The summed E-state index contributed by atoms with van der Waals surface area (Å²) >= 11 is 1.65. The number of hydrogen-bond donors (Lipinski definition) is 1. The topological polar surface area (TPSA) is 71.2 Å².